The molecule has 0 saturated carbocycles. The number of carbonyl (C=O) groups is 1. The SMILES string of the molecule is CCCCC(CN)NC(=O)Nc1ccc(C(F)(F)F)cc1. The molecule has 1 atom stereocenters. The van der Waals surface area contributed by atoms with Gasteiger partial charge in [-0.15, -0.1) is 0 Å². The quantitative estimate of drug-likeness (QED) is 0.754. The van der Waals surface area contributed by atoms with Gasteiger partial charge in [0, 0.05) is 18.3 Å². The average molecular weight is 303 g/mol. The number of hydrogen-bond donors (Lipinski definition) is 3. The van der Waals surface area contributed by atoms with Gasteiger partial charge in [-0.25, -0.2) is 4.79 Å². The Morgan fingerprint density at radius 3 is 2.38 bits per heavy atom. The maximum absolute atomic E-state index is 12.4. The van der Waals surface area contributed by atoms with E-state index in [1.807, 2.05) is 6.92 Å². The first-order valence-electron chi connectivity index (χ1n) is 6.81. The maximum Gasteiger partial charge on any atom is 0.416 e. The van der Waals surface area contributed by atoms with Crippen LogP contribution in [0.5, 0.6) is 0 Å². The van der Waals surface area contributed by atoms with Gasteiger partial charge in [0.25, 0.3) is 0 Å². The van der Waals surface area contributed by atoms with Crippen molar-refractivity contribution in [3.8, 4) is 0 Å². The van der Waals surface area contributed by atoms with Gasteiger partial charge < -0.3 is 16.4 Å². The topological polar surface area (TPSA) is 67.1 Å². The van der Waals surface area contributed by atoms with E-state index in [2.05, 4.69) is 10.6 Å². The maximum atomic E-state index is 12.4. The van der Waals surface area contributed by atoms with E-state index in [1.54, 1.807) is 0 Å². The van der Waals surface area contributed by atoms with Crippen LogP contribution in [0.3, 0.4) is 0 Å². The Labute approximate surface area is 121 Å². The number of unbranched alkanes of at least 4 members (excludes halogenated alkanes) is 1. The highest BCUT2D eigenvalue weighted by molar-refractivity contribution is 5.89. The summed E-state index contributed by atoms with van der Waals surface area (Å²) in [5.41, 5.74) is 5.10. The third kappa shape index (κ3) is 6.03. The molecule has 0 spiro atoms. The largest absolute Gasteiger partial charge is 0.416 e. The summed E-state index contributed by atoms with van der Waals surface area (Å²) in [4.78, 5) is 11.7. The van der Waals surface area contributed by atoms with Crippen LogP contribution < -0.4 is 16.4 Å². The molecule has 0 fully saturated rings. The minimum Gasteiger partial charge on any atom is -0.334 e. The fourth-order valence-electron chi connectivity index (χ4n) is 1.79. The summed E-state index contributed by atoms with van der Waals surface area (Å²) in [6.45, 7) is 2.36. The van der Waals surface area contributed by atoms with E-state index in [0.29, 0.717) is 12.2 Å². The number of halogens is 3. The number of amides is 2. The Morgan fingerprint density at radius 1 is 1.29 bits per heavy atom. The second kappa shape index (κ2) is 7.87. The summed E-state index contributed by atoms with van der Waals surface area (Å²) in [6.07, 6.45) is -1.67. The highest BCUT2D eigenvalue weighted by Crippen LogP contribution is 2.29. The minimum atomic E-state index is -4.38. The lowest BCUT2D eigenvalue weighted by Gasteiger charge is -2.17. The molecule has 0 bridgehead atoms. The molecule has 1 rings (SSSR count). The highest BCUT2D eigenvalue weighted by Gasteiger charge is 2.29. The van der Waals surface area contributed by atoms with Crippen molar-refractivity contribution in [1.29, 1.82) is 0 Å². The molecular formula is C14H20F3N3O. The van der Waals surface area contributed by atoms with E-state index < -0.39 is 17.8 Å². The van der Waals surface area contributed by atoms with Crippen LogP contribution in [-0.4, -0.2) is 18.6 Å². The van der Waals surface area contributed by atoms with E-state index in [-0.39, 0.29) is 6.04 Å². The molecule has 118 valence electrons. The third-order valence-corrected chi connectivity index (χ3v) is 3.00. The van der Waals surface area contributed by atoms with E-state index in [1.165, 1.54) is 12.1 Å². The van der Waals surface area contributed by atoms with Crippen LogP contribution in [0.25, 0.3) is 0 Å². The molecule has 0 aliphatic rings. The van der Waals surface area contributed by atoms with Crippen molar-refractivity contribution in [1.82, 2.24) is 5.32 Å². The molecule has 21 heavy (non-hydrogen) atoms. The Kier molecular flexibility index (Phi) is 6.48. The Hall–Kier alpha value is -1.76. The first kappa shape index (κ1) is 17.3. The molecule has 2 amide bonds. The smallest absolute Gasteiger partial charge is 0.334 e. The lowest BCUT2D eigenvalue weighted by molar-refractivity contribution is -0.137. The van der Waals surface area contributed by atoms with Crippen molar-refractivity contribution in [2.24, 2.45) is 5.73 Å². The Morgan fingerprint density at radius 2 is 1.90 bits per heavy atom. The van der Waals surface area contributed by atoms with Gasteiger partial charge in [0.2, 0.25) is 0 Å². The highest BCUT2D eigenvalue weighted by atomic mass is 19.4. The average Bonchev–Trinajstić information content (AvgIpc) is 2.43. The van der Waals surface area contributed by atoms with Crippen molar-refractivity contribution < 1.29 is 18.0 Å². The van der Waals surface area contributed by atoms with E-state index in [4.69, 9.17) is 5.73 Å². The Balaban J connectivity index is 2.54. The number of hydrogen-bond acceptors (Lipinski definition) is 2. The summed E-state index contributed by atoms with van der Waals surface area (Å²) in [6, 6.07) is 3.67. The number of nitrogens with two attached hydrogens (primary N) is 1. The van der Waals surface area contributed by atoms with Gasteiger partial charge in [-0.3, -0.25) is 0 Å². The summed E-state index contributed by atoms with van der Waals surface area (Å²) in [5.74, 6) is 0. The summed E-state index contributed by atoms with van der Waals surface area (Å²) >= 11 is 0. The fraction of sp³-hybridized carbons (Fsp3) is 0.500. The van der Waals surface area contributed by atoms with Gasteiger partial charge in [-0.2, -0.15) is 13.2 Å². The number of alkyl halides is 3. The number of nitrogens with one attached hydrogen (secondary N) is 2. The standard InChI is InChI=1S/C14H20F3N3O/c1-2-3-4-12(9-18)20-13(21)19-11-7-5-10(6-8-11)14(15,16)17/h5-8,12H,2-4,9,18H2,1H3,(H2,19,20,21). The molecule has 0 radical (unpaired) electrons. The second-order valence-electron chi connectivity index (χ2n) is 4.75. The van der Waals surface area contributed by atoms with Gasteiger partial charge in [0.05, 0.1) is 5.56 Å². The first-order valence-corrected chi connectivity index (χ1v) is 6.81. The molecule has 7 heteroatoms. The fourth-order valence-corrected chi connectivity index (χ4v) is 1.79. The molecule has 1 unspecified atom stereocenters. The minimum absolute atomic E-state index is 0.139. The first-order chi connectivity index (χ1) is 9.86. The number of anilines is 1. The predicted molar refractivity (Wildman–Crippen MR) is 76.0 cm³/mol. The molecule has 0 saturated heterocycles. The normalized spacial score (nSPS) is 12.8. The molecule has 1 aromatic carbocycles. The molecule has 1 aromatic rings. The predicted octanol–water partition coefficient (Wildman–Crippen LogP) is 3.34. The second-order valence-corrected chi connectivity index (χ2v) is 4.75. The molecule has 4 N–H and O–H groups in total. The van der Waals surface area contributed by atoms with Crippen molar-refractivity contribution >= 4 is 11.7 Å². The van der Waals surface area contributed by atoms with Crippen LogP contribution in [0, 0.1) is 0 Å². The summed E-state index contributed by atoms with van der Waals surface area (Å²) in [5, 5.41) is 5.19. The van der Waals surface area contributed by atoms with Crippen LogP contribution >= 0.6 is 0 Å². The molecule has 0 aromatic heterocycles. The van der Waals surface area contributed by atoms with Crippen LogP contribution in [0.2, 0.25) is 0 Å². The third-order valence-electron chi connectivity index (χ3n) is 3.00. The van der Waals surface area contributed by atoms with E-state index in [9.17, 15) is 18.0 Å². The van der Waals surface area contributed by atoms with Gasteiger partial charge in [0.15, 0.2) is 0 Å². The monoisotopic (exact) mass is 303 g/mol. The van der Waals surface area contributed by atoms with Crippen molar-refractivity contribution in [2.45, 2.75) is 38.4 Å². The van der Waals surface area contributed by atoms with Crippen LogP contribution in [0.15, 0.2) is 24.3 Å². The van der Waals surface area contributed by atoms with Gasteiger partial charge in [-0.1, -0.05) is 19.8 Å². The van der Waals surface area contributed by atoms with Crippen LogP contribution in [0.4, 0.5) is 23.7 Å². The Bertz CT molecular complexity index is 446. The molecule has 0 aliphatic heterocycles. The zero-order valence-corrected chi connectivity index (χ0v) is 11.8. The molecule has 0 aliphatic carbocycles. The lowest BCUT2D eigenvalue weighted by Crippen LogP contribution is -2.42. The van der Waals surface area contributed by atoms with Crippen molar-refractivity contribution in [2.75, 3.05) is 11.9 Å². The summed E-state index contributed by atoms with van der Waals surface area (Å²) in [7, 11) is 0. The van der Waals surface area contributed by atoms with E-state index >= 15 is 0 Å². The summed E-state index contributed by atoms with van der Waals surface area (Å²) < 4.78 is 37.2. The number of benzene rings is 1. The lowest BCUT2D eigenvalue weighted by atomic mass is 10.1. The zero-order valence-electron chi connectivity index (χ0n) is 11.8. The van der Waals surface area contributed by atoms with Gasteiger partial charge in [0.1, 0.15) is 0 Å². The van der Waals surface area contributed by atoms with E-state index in [0.717, 1.165) is 31.4 Å². The number of carbonyl (C=O) groups excluding carboxylic acids is 1. The van der Waals surface area contributed by atoms with Crippen LogP contribution in [0.1, 0.15) is 31.7 Å². The molecular weight excluding hydrogens is 283 g/mol. The zero-order chi connectivity index (χ0) is 15.9. The number of rotatable bonds is 6. The van der Waals surface area contributed by atoms with Crippen LogP contribution in [-0.2, 0) is 6.18 Å². The van der Waals surface area contributed by atoms with Gasteiger partial charge >= 0.3 is 12.2 Å². The molecule has 0 heterocycles. The van der Waals surface area contributed by atoms with Crippen molar-refractivity contribution in [3.05, 3.63) is 29.8 Å². The molecule has 4 nitrogen and oxygen atoms in total. The van der Waals surface area contributed by atoms with Gasteiger partial charge in [-0.05, 0) is 30.7 Å². The number of urea groups is 1. The van der Waals surface area contributed by atoms with Crippen molar-refractivity contribution in [3.63, 3.8) is 0 Å².